The molecule has 0 fully saturated rings. The largest absolute Gasteiger partial charge is 0.358 e. The number of aromatic amines is 2. The average Bonchev–Trinajstić information content (AvgIpc) is 2.81. The van der Waals surface area contributed by atoms with Crippen LogP contribution in [-0.2, 0) is 6.54 Å². The second-order valence-corrected chi connectivity index (χ2v) is 5.71. The first-order valence-corrected chi connectivity index (χ1v) is 7.38. The van der Waals surface area contributed by atoms with Crippen molar-refractivity contribution in [2.75, 3.05) is 0 Å². The number of aryl methyl sites for hydroxylation is 3. The molecule has 6 heteroatoms. The molecule has 0 bridgehead atoms. The Labute approximate surface area is 132 Å². The van der Waals surface area contributed by atoms with E-state index in [4.69, 9.17) is 0 Å². The van der Waals surface area contributed by atoms with Gasteiger partial charge in [0.05, 0.1) is 5.52 Å². The smallest absolute Gasteiger partial charge is 0.271 e. The first-order chi connectivity index (χ1) is 11.0. The summed E-state index contributed by atoms with van der Waals surface area (Å²) in [4.78, 5) is 26.5. The number of nitrogens with one attached hydrogen (secondary N) is 3. The lowest BCUT2D eigenvalue weighted by molar-refractivity contribution is 0.0945. The second kappa shape index (κ2) is 5.72. The van der Waals surface area contributed by atoms with E-state index in [1.165, 1.54) is 23.1 Å². The Bertz CT molecular complexity index is 933. The van der Waals surface area contributed by atoms with Crippen LogP contribution >= 0.6 is 0 Å². The number of fused-ring (bicyclic) bond motifs is 1. The zero-order valence-corrected chi connectivity index (χ0v) is 13.3. The van der Waals surface area contributed by atoms with E-state index in [0.29, 0.717) is 6.54 Å². The van der Waals surface area contributed by atoms with E-state index >= 15 is 0 Å². The van der Waals surface area contributed by atoms with Crippen LogP contribution < -0.4 is 10.9 Å². The second-order valence-electron chi connectivity index (χ2n) is 5.71. The predicted octanol–water partition coefficient (Wildman–Crippen LogP) is 2.11. The Morgan fingerprint density at radius 2 is 2.00 bits per heavy atom. The van der Waals surface area contributed by atoms with Crippen molar-refractivity contribution in [3.8, 4) is 0 Å². The van der Waals surface area contributed by atoms with Gasteiger partial charge in [0.25, 0.3) is 11.5 Å². The van der Waals surface area contributed by atoms with Crippen LogP contribution in [0.2, 0.25) is 0 Å². The third-order valence-corrected chi connectivity index (χ3v) is 3.99. The lowest BCUT2D eigenvalue weighted by Crippen LogP contribution is -2.25. The van der Waals surface area contributed by atoms with Gasteiger partial charge in [0.2, 0.25) is 0 Å². The van der Waals surface area contributed by atoms with E-state index in [1.54, 1.807) is 0 Å². The third kappa shape index (κ3) is 2.88. The van der Waals surface area contributed by atoms with Crippen molar-refractivity contribution in [2.24, 2.45) is 0 Å². The summed E-state index contributed by atoms with van der Waals surface area (Å²) in [6.45, 7) is 6.55. The lowest BCUT2D eigenvalue weighted by atomic mass is 10.0. The Morgan fingerprint density at radius 3 is 2.70 bits per heavy atom. The summed E-state index contributed by atoms with van der Waals surface area (Å²) in [6, 6.07) is 6.88. The van der Waals surface area contributed by atoms with Crippen molar-refractivity contribution in [3.63, 3.8) is 0 Å². The van der Waals surface area contributed by atoms with Crippen LogP contribution in [-0.4, -0.2) is 21.1 Å². The van der Waals surface area contributed by atoms with Gasteiger partial charge < -0.3 is 10.3 Å². The minimum Gasteiger partial charge on any atom is -0.358 e. The minimum atomic E-state index is -0.334. The van der Waals surface area contributed by atoms with Crippen molar-refractivity contribution < 1.29 is 4.79 Å². The number of rotatable bonds is 3. The number of aromatic nitrogens is 3. The molecule has 6 nitrogen and oxygen atoms in total. The van der Waals surface area contributed by atoms with E-state index in [0.717, 1.165) is 22.3 Å². The van der Waals surface area contributed by atoms with Crippen molar-refractivity contribution in [3.05, 3.63) is 62.7 Å². The van der Waals surface area contributed by atoms with Crippen LogP contribution in [0, 0.1) is 20.8 Å². The van der Waals surface area contributed by atoms with Gasteiger partial charge in [-0.3, -0.25) is 9.59 Å². The predicted molar refractivity (Wildman–Crippen MR) is 88.5 cm³/mol. The summed E-state index contributed by atoms with van der Waals surface area (Å²) in [7, 11) is 0. The van der Waals surface area contributed by atoms with Crippen LogP contribution in [0.1, 0.15) is 32.9 Å². The molecule has 0 saturated heterocycles. The summed E-state index contributed by atoms with van der Waals surface area (Å²) in [5.41, 5.74) is 5.41. The number of nitrogens with zero attached hydrogens (tertiary/aromatic N) is 1. The molecule has 1 amide bonds. The molecule has 3 N–H and O–H groups in total. The van der Waals surface area contributed by atoms with Gasteiger partial charge in [-0.05, 0) is 44.0 Å². The lowest BCUT2D eigenvalue weighted by Gasteiger charge is -2.08. The van der Waals surface area contributed by atoms with Gasteiger partial charge in [-0.25, -0.2) is 5.10 Å². The zero-order chi connectivity index (χ0) is 16.6. The van der Waals surface area contributed by atoms with Gasteiger partial charge >= 0.3 is 0 Å². The molecule has 23 heavy (non-hydrogen) atoms. The maximum absolute atomic E-state index is 12.1. The van der Waals surface area contributed by atoms with Gasteiger partial charge in [-0.15, -0.1) is 0 Å². The molecule has 0 aliphatic rings. The topological polar surface area (TPSA) is 90.6 Å². The maximum atomic E-state index is 12.1. The Hall–Kier alpha value is -2.89. The number of amides is 1. The van der Waals surface area contributed by atoms with Crippen LogP contribution in [0.25, 0.3) is 10.9 Å². The van der Waals surface area contributed by atoms with Gasteiger partial charge in [-0.2, -0.15) is 5.10 Å². The number of benzene rings is 1. The summed E-state index contributed by atoms with van der Waals surface area (Å²) in [5, 5.41) is 10.0. The van der Waals surface area contributed by atoms with Crippen LogP contribution in [0.4, 0.5) is 0 Å². The molecule has 118 valence electrons. The standard InChI is InChI=1S/C17H18N4O2/c1-9-6-12(16-13(7-9)10(2)11(3)19-16)8-18-17(23)14-4-5-15(22)21-20-14/h4-7,19H,8H2,1-3H3,(H,18,23)(H,21,22). The van der Waals surface area contributed by atoms with Gasteiger partial charge in [0, 0.05) is 23.7 Å². The molecule has 2 aromatic heterocycles. The number of hydrogen-bond donors (Lipinski definition) is 3. The highest BCUT2D eigenvalue weighted by molar-refractivity contribution is 5.93. The summed E-state index contributed by atoms with van der Waals surface area (Å²) >= 11 is 0. The van der Waals surface area contributed by atoms with Crippen molar-refractivity contribution in [1.82, 2.24) is 20.5 Å². The van der Waals surface area contributed by atoms with E-state index in [2.05, 4.69) is 39.6 Å². The Balaban J connectivity index is 1.87. The van der Waals surface area contributed by atoms with Crippen LogP contribution in [0.5, 0.6) is 0 Å². The Kier molecular flexibility index (Phi) is 3.73. The van der Waals surface area contributed by atoms with E-state index < -0.39 is 0 Å². The molecule has 0 aliphatic heterocycles. The molecular formula is C17H18N4O2. The Morgan fingerprint density at radius 1 is 1.22 bits per heavy atom. The van der Waals surface area contributed by atoms with E-state index in [1.807, 2.05) is 13.8 Å². The highest BCUT2D eigenvalue weighted by Gasteiger charge is 2.12. The molecule has 0 saturated carbocycles. The molecule has 2 heterocycles. The molecule has 3 aromatic rings. The van der Waals surface area contributed by atoms with Gasteiger partial charge in [0.1, 0.15) is 5.69 Å². The highest BCUT2D eigenvalue weighted by Crippen LogP contribution is 2.25. The summed E-state index contributed by atoms with van der Waals surface area (Å²) < 4.78 is 0. The van der Waals surface area contributed by atoms with Crippen molar-refractivity contribution in [1.29, 1.82) is 0 Å². The first-order valence-electron chi connectivity index (χ1n) is 7.38. The third-order valence-electron chi connectivity index (χ3n) is 3.99. The fourth-order valence-electron chi connectivity index (χ4n) is 2.66. The van der Waals surface area contributed by atoms with E-state index in [-0.39, 0.29) is 17.2 Å². The number of H-pyrrole nitrogens is 2. The SMILES string of the molecule is Cc1cc(CNC(=O)c2ccc(=O)[nH]n2)c2[nH]c(C)c(C)c2c1. The number of hydrogen-bond acceptors (Lipinski definition) is 3. The average molecular weight is 310 g/mol. The normalized spacial score (nSPS) is 10.9. The summed E-state index contributed by atoms with van der Waals surface area (Å²) in [6.07, 6.45) is 0. The maximum Gasteiger partial charge on any atom is 0.271 e. The van der Waals surface area contributed by atoms with Crippen molar-refractivity contribution in [2.45, 2.75) is 27.3 Å². The zero-order valence-electron chi connectivity index (χ0n) is 13.3. The minimum absolute atomic E-state index is 0.187. The quantitative estimate of drug-likeness (QED) is 0.692. The van der Waals surface area contributed by atoms with Crippen molar-refractivity contribution >= 4 is 16.8 Å². The number of carbonyl (C=O) groups excluding carboxylic acids is 1. The molecule has 0 spiro atoms. The van der Waals surface area contributed by atoms with Crippen LogP contribution in [0.15, 0.2) is 29.1 Å². The van der Waals surface area contributed by atoms with Gasteiger partial charge in [0.15, 0.2) is 0 Å². The number of carbonyl (C=O) groups is 1. The summed E-state index contributed by atoms with van der Waals surface area (Å²) in [5.74, 6) is -0.323. The van der Waals surface area contributed by atoms with Crippen LogP contribution in [0.3, 0.4) is 0 Å². The highest BCUT2D eigenvalue weighted by atomic mass is 16.2. The fraction of sp³-hybridized carbons (Fsp3) is 0.235. The molecule has 1 aromatic carbocycles. The molecule has 0 unspecified atom stereocenters. The van der Waals surface area contributed by atoms with E-state index in [9.17, 15) is 9.59 Å². The fourth-order valence-corrected chi connectivity index (χ4v) is 2.66. The first kappa shape index (κ1) is 15.0. The monoisotopic (exact) mass is 310 g/mol. The molecule has 3 rings (SSSR count). The van der Waals surface area contributed by atoms with Gasteiger partial charge in [-0.1, -0.05) is 11.6 Å². The molecule has 0 aliphatic carbocycles. The molecule has 0 radical (unpaired) electrons. The molecular weight excluding hydrogens is 292 g/mol. The molecule has 0 atom stereocenters.